The quantitative estimate of drug-likeness (QED) is 0.224. The van der Waals surface area contributed by atoms with Crippen molar-refractivity contribution in [2.24, 2.45) is 11.3 Å². The summed E-state index contributed by atoms with van der Waals surface area (Å²) in [5, 5.41) is 7.57. The molecule has 48 heavy (non-hydrogen) atoms. The number of carbonyl (C=O) groups excluding carboxylic acids is 2. The summed E-state index contributed by atoms with van der Waals surface area (Å²) in [5.74, 6) is 1.72. The molecule has 2 heterocycles. The lowest BCUT2D eigenvalue weighted by Crippen LogP contribution is -2.52. The molecule has 9 nitrogen and oxygen atoms in total. The summed E-state index contributed by atoms with van der Waals surface area (Å²) in [7, 11) is 1.74. The zero-order valence-corrected chi connectivity index (χ0v) is 29.5. The summed E-state index contributed by atoms with van der Waals surface area (Å²) in [5.41, 5.74) is 4.93. The van der Waals surface area contributed by atoms with Crippen molar-refractivity contribution in [3.05, 3.63) is 60.0 Å². The fourth-order valence-electron chi connectivity index (χ4n) is 8.37. The molecule has 9 heteroatoms. The summed E-state index contributed by atoms with van der Waals surface area (Å²) in [6.45, 7) is 9.46. The number of anilines is 1. The Morgan fingerprint density at radius 3 is 2.38 bits per heavy atom. The number of alkyl carbamates (subject to hydrolysis) is 1. The SMILES string of the molecule is CCCOC(=O)NC1CCC(C(=O)N(CC23CCC(c4ccc(OC)c(C)c4)(CC2)CC3)c2cc(-c3cnn(C(C)C)c3)ccn2)CC1. The number of methoxy groups -OCH3 is 1. The van der Waals surface area contributed by atoms with Crippen LogP contribution in [0.3, 0.4) is 0 Å². The number of hydrogen-bond donors (Lipinski definition) is 1. The number of amides is 2. The standard InChI is InChI=1S/C39H53N5O4/c1-6-21-48-37(46)42-33-10-7-29(8-11-33)36(45)43(35-23-30(13-20-40-35)31-24-41-44(25-31)27(2)3)26-38-14-17-39(18-15-38,19-16-38)32-9-12-34(47-5)28(4)22-32/h9,12-13,20,22-25,27,29,33H,6-8,10-11,14-19,21,26H2,1-5H3,(H,42,46). The lowest BCUT2D eigenvalue weighted by Gasteiger charge is -2.55. The van der Waals surface area contributed by atoms with Gasteiger partial charge in [0.15, 0.2) is 0 Å². The van der Waals surface area contributed by atoms with Crippen LogP contribution in [0.5, 0.6) is 5.75 Å². The molecule has 0 aliphatic heterocycles. The molecule has 4 aliphatic carbocycles. The number of hydrogen-bond acceptors (Lipinski definition) is 6. The average molecular weight is 656 g/mol. The molecule has 2 bridgehead atoms. The molecule has 0 spiro atoms. The third-order valence-corrected chi connectivity index (χ3v) is 11.5. The Morgan fingerprint density at radius 2 is 1.75 bits per heavy atom. The highest BCUT2D eigenvalue weighted by atomic mass is 16.5. The Morgan fingerprint density at radius 1 is 1.02 bits per heavy atom. The normalized spacial score (nSPS) is 25.1. The van der Waals surface area contributed by atoms with Crippen LogP contribution < -0.4 is 15.0 Å². The Hall–Kier alpha value is -3.88. The summed E-state index contributed by atoms with van der Waals surface area (Å²) < 4.78 is 12.8. The van der Waals surface area contributed by atoms with E-state index in [0.717, 1.165) is 93.3 Å². The molecule has 0 saturated heterocycles. The zero-order chi connectivity index (χ0) is 33.9. The van der Waals surface area contributed by atoms with Gasteiger partial charge < -0.3 is 14.8 Å². The van der Waals surface area contributed by atoms with Crippen molar-refractivity contribution in [1.29, 1.82) is 0 Å². The van der Waals surface area contributed by atoms with Gasteiger partial charge in [0, 0.05) is 42.5 Å². The number of carbonyl (C=O) groups is 2. The first-order valence-corrected chi connectivity index (χ1v) is 18.0. The fraction of sp³-hybridized carbons (Fsp3) is 0.590. The summed E-state index contributed by atoms with van der Waals surface area (Å²) >= 11 is 0. The molecular weight excluding hydrogens is 602 g/mol. The largest absolute Gasteiger partial charge is 0.496 e. The van der Waals surface area contributed by atoms with E-state index in [2.05, 4.69) is 61.6 Å². The minimum absolute atomic E-state index is 0.0378. The smallest absolute Gasteiger partial charge is 0.407 e. The van der Waals surface area contributed by atoms with Gasteiger partial charge in [-0.2, -0.15) is 5.10 Å². The molecule has 0 radical (unpaired) electrons. The first kappa shape index (κ1) is 34.0. The van der Waals surface area contributed by atoms with Crippen LogP contribution in [0, 0.1) is 18.3 Å². The van der Waals surface area contributed by atoms with Gasteiger partial charge >= 0.3 is 6.09 Å². The van der Waals surface area contributed by atoms with Crippen LogP contribution in [-0.4, -0.2) is 53.1 Å². The van der Waals surface area contributed by atoms with Gasteiger partial charge in [-0.15, -0.1) is 0 Å². The van der Waals surface area contributed by atoms with Gasteiger partial charge in [-0.25, -0.2) is 9.78 Å². The molecule has 1 N–H and O–H groups in total. The molecule has 258 valence electrons. The van der Waals surface area contributed by atoms with Crippen LogP contribution in [0.1, 0.15) is 109 Å². The lowest BCUT2D eigenvalue weighted by atomic mass is 9.51. The van der Waals surface area contributed by atoms with E-state index in [1.807, 2.05) is 35.0 Å². The fourth-order valence-corrected chi connectivity index (χ4v) is 8.37. The minimum atomic E-state index is -0.357. The maximum absolute atomic E-state index is 14.6. The number of fused-ring (bicyclic) bond motifs is 3. The number of aryl methyl sites for hydroxylation is 1. The first-order chi connectivity index (χ1) is 23.1. The Labute approximate surface area is 285 Å². The predicted molar refractivity (Wildman–Crippen MR) is 188 cm³/mol. The molecule has 2 aromatic heterocycles. The molecule has 0 unspecified atom stereocenters. The maximum Gasteiger partial charge on any atom is 0.407 e. The highest BCUT2D eigenvalue weighted by Gasteiger charge is 2.51. The Kier molecular flexibility index (Phi) is 10.1. The van der Waals surface area contributed by atoms with Crippen molar-refractivity contribution in [3.63, 3.8) is 0 Å². The summed E-state index contributed by atoms with van der Waals surface area (Å²) in [6, 6.07) is 11.1. The van der Waals surface area contributed by atoms with E-state index in [1.54, 1.807) is 7.11 Å². The molecule has 7 rings (SSSR count). The van der Waals surface area contributed by atoms with Gasteiger partial charge in [-0.05, 0) is 137 Å². The second kappa shape index (κ2) is 14.3. The molecule has 4 fully saturated rings. The lowest BCUT2D eigenvalue weighted by molar-refractivity contribution is -0.124. The predicted octanol–water partition coefficient (Wildman–Crippen LogP) is 8.16. The molecule has 1 aromatic carbocycles. The minimum Gasteiger partial charge on any atom is -0.496 e. The molecule has 3 aromatic rings. The van der Waals surface area contributed by atoms with Crippen LogP contribution in [0.25, 0.3) is 11.1 Å². The number of pyridine rings is 1. The molecule has 4 aliphatic rings. The van der Waals surface area contributed by atoms with Gasteiger partial charge in [0.2, 0.25) is 5.91 Å². The molecular formula is C39H53N5O4. The third-order valence-electron chi connectivity index (χ3n) is 11.5. The summed E-state index contributed by atoms with van der Waals surface area (Å²) in [4.78, 5) is 33.6. The van der Waals surface area contributed by atoms with Crippen molar-refractivity contribution in [1.82, 2.24) is 20.1 Å². The van der Waals surface area contributed by atoms with Crippen molar-refractivity contribution >= 4 is 17.8 Å². The van der Waals surface area contributed by atoms with E-state index < -0.39 is 0 Å². The number of aromatic nitrogens is 3. The topological polar surface area (TPSA) is 98.6 Å². The van der Waals surface area contributed by atoms with Crippen LogP contribution >= 0.6 is 0 Å². The van der Waals surface area contributed by atoms with Crippen LogP contribution in [0.2, 0.25) is 0 Å². The van der Waals surface area contributed by atoms with E-state index in [-0.39, 0.29) is 40.8 Å². The van der Waals surface area contributed by atoms with Crippen molar-refractivity contribution < 1.29 is 19.1 Å². The molecule has 2 amide bonds. The van der Waals surface area contributed by atoms with Crippen LogP contribution in [0.15, 0.2) is 48.9 Å². The van der Waals surface area contributed by atoms with Gasteiger partial charge in [0.05, 0.1) is 19.9 Å². The second-order valence-corrected chi connectivity index (χ2v) is 14.9. The number of nitrogens with one attached hydrogen (secondary N) is 1. The zero-order valence-electron chi connectivity index (χ0n) is 29.5. The number of nitrogens with zero attached hydrogens (tertiary/aromatic N) is 4. The van der Waals surface area contributed by atoms with E-state index >= 15 is 0 Å². The van der Waals surface area contributed by atoms with Gasteiger partial charge in [-0.3, -0.25) is 14.4 Å². The Balaban J connectivity index is 1.22. The van der Waals surface area contributed by atoms with E-state index in [4.69, 9.17) is 14.5 Å². The van der Waals surface area contributed by atoms with E-state index in [9.17, 15) is 9.59 Å². The average Bonchev–Trinajstić information content (AvgIpc) is 3.62. The van der Waals surface area contributed by atoms with Gasteiger partial charge in [-0.1, -0.05) is 19.1 Å². The summed E-state index contributed by atoms with van der Waals surface area (Å²) in [6.07, 6.45) is 15.9. The van der Waals surface area contributed by atoms with E-state index in [1.165, 1.54) is 11.1 Å². The van der Waals surface area contributed by atoms with Crippen LogP contribution in [0.4, 0.5) is 10.6 Å². The Bertz CT molecular complexity index is 1570. The second-order valence-electron chi connectivity index (χ2n) is 14.9. The van der Waals surface area contributed by atoms with E-state index in [0.29, 0.717) is 13.2 Å². The number of ether oxygens (including phenoxy) is 2. The van der Waals surface area contributed by atoms with Gasteiger partial charge in [0.25, 0.3) is 0 Å². The highest BCUT2D eigenvalue weighted by molar-refractivity contribution is 5.95. The maximum atomic E-state index is 14.6. The van der Waals surface area contributed by atoms with Crippen molar-refractivity contribution in [3.8, 4) is 16.9 Å². The first-order valence-electron chi connectivity index (χ1n) is 18.0. The molecule has 4 saturated carbocycles. The molecule has 0 atom stereocenters. The highest BCUT2D eigenvalue weighted by Crippen LogP contribution is 2.58. The number of benzene rings is 1. The van der Waals surface area contributed by atoms with Crippen LogP contribution in [-0.2, 0) is 14.9 Å². The van der Waals surface area contributed by atoms with Crippen molar-refractivity contribution in [2.45, 2.75) is 116 Å². The number of rotatable bonds is 11. The van der Waals surface area contributed by atoms with Gasteiger partial charge in [0.1, 0.15) is 11.6 Å². The van der Waals surface area contributed by atoms with Crippen molar-refractivity contribution in [2.75, 3.05) is 25.2 Å². The third kappa shape index (κ3) is 7.10. The monoisotopic (exact) mass is 655 g/mol.